The quantitative estimate of drug-likeness (QED) is 0.616. The van der Waals surface area contributed by atoms with Gasteiger partial charge in [-0.25, -0.2) is 4.79 Å². The average molecular weight is 369 g/mol. The van der Waals surface area contributed by atoms with Gasteiger partial charge in [0.15, 0.2) is 0 Å². The molecule has 5 heteroatoms. The molecule has 0 amide bonds. The van der Waals surface area contributed by atoms with Gasteiger partial charge in [-0.05, 0) is 52.9 Å². The van der Waals surface area contributed by atoms with Gasteiger partial charge in [-0.1, -0.05) is 0 Å². The predicted molar refractivity (Wildman–Crippen MR) is 80.3 cm³/mol. The number of halogens is 1. The third-order valence-corrected chi connectivity index (χ3v) is 3.45. The van der Waals surface area contributed by atoms with Crippen molar-refractivity contribution in [2.45, 2.75) is 0 Å². The summed E-state index contributed by atoms with van der Waals surface area (Å²) in [6.07, 6.45) is 1.52. The van der Waals surface area contributed by atoms with Crippen LogP contribution in [0.4, 0.5) is 0 Å². The molecule has 2 aromatic rings. The van der Waals surface area contributed by atoms with Gasteiger partial charge in [0, 0.05) is 15.3 Å². The first-order valence-electron chi connectivity index (χ1n) is 5.54. The molecule has 1 aromatic carbocycles. The molecule has 0 aliphatic rings. The second-order valence-corrected chi connectivity index (χ2v) is 4.94. The Labute approximate surface area is 124 Å². The molecule has 0 fully saturated rings. The number of carbonyl (C=O) groups excluding carboxylic acids is 1. The summed E-state index contributed by atoms with van der Waals surface area (Å²) >= 11 is 2.16. The summed E-state index contributed by atoms with van der Waals surface area (Å²) in [6, 6.07) is 9.38. The van der Waals surface area contributed by atoms with Gasteiger partial charge in [-0.15, -0.1) is 0 Å². The van der Waals surface area contributed by atoms with Crippen molar-refractivity contribution in [1.29, 1.82) is 0 Å². The highest BCUT2D eigenvalue weighted by Gasteiger charge is 2.11. The van der Waals surface area contributed by atoms with E-state index in [4.69, 9.17) is 4.74 Å². The monoisotopic (exact) mass is 369 g/mol. The number of esters is 1. The van der Waals surface area contributed by atoms with Crippen LogP contribution in [0.2, 0.25) is 0 Å². The normalized spacial score (nSPS) is 10.1. The molecule has 19 heavy (non-hydrogen) atoms. The first-order chi connectivity index (χ1) is 9.15. The largest absolute Gasteiger partial charge is 0.497 e. The molecule has 0 radical (unpaired) electrons. The van der Waals surface area contributed by atoms with Crippen LogP contribution in [-0.2, 0) is 4.74 Å². The van der Waals surface area contributed by atoms with Crippen molar-refractivity contribution < 1.29 is 14.3 Å². The molecule has 4 nitrogen and oxygen atoms in total. The van der Waals surface area contributed by atoms with E-state index in [-0.39, 0.29) is 5.97 Å². The molecule has 1 aromatic heterocycles. The van der Waals surface area contributed by atoms with Crippen LogP contribution in [0, 0.1) is 3.57 Å². The Morgan fingerprint density at radius 1 is 1.21 bits per heavy atom. The second kappa shape index (κ2) is 6.01. The number of pyridine rings is 1. The van der Waals surface area contributed by atoms with Crippen LogP contribution in [-0.4, -0.2) is 25.2 Å². The topological polar surface area (TPSA) is 48.4 Å². The van der Waals surface area contributed by atoms with E-state index < -0.39 is 0 Å². The van der Waals surface area contributed by atoms with Crippen LogP contribution in [0.15, 0.2) is 36.5 Å². The van der Waals surface area contributed by atoms with Crippen molar-refractivity contribution in [2.24, 2.45) is 0 Å². The van der Waals surface area contributed by atoms with Crippen LogP contribution < -0.4 is 4.74 Å². The summed E-state index contributed by atoms with van der Waals surface area (Å²) in [5.74, 6) is 0.414. The molecule has 0 spiro atoms. The fourth-order valence-electron chi connectivity index (χ4n) is 1.63. The Bertz CT molecular complexity index is 596. The van der Waals surface area contributed by atoms with E-state index in [2.05, 4.69) is 32.3 Å². The molecule has 1 heterocycles. The zero-order valence-corrected chi connectivity index (χ0v) is 12.7. The second-order valence-electron chi connectivity index (χ2n) is 3.77. The van der Waals surface area contributed by atoms with Gasteiger partial charge in [0.05, 0.1) is 25.5 Å². The molecule has 0 saturated carbocycles. The Hall–Kier alpha value is -1.63. The van der Waals surface area contributed by atoms with Crippen molar-refractivity contribution >= 4 is 28.6 Å². The van der Waals surface area contributed by atoms with Crippen molar-refractivity contribution in [3.8, 4) is 17.0 Å². The first-order valence-corrected chi connectivity index (χ1v) is 6.62. The van der Waals surface area contributed by atoms with E-state index in [1.807, 2.05) is 24.3 Å². The predicted octanol–water partition coefficient (Wildman–Crippen LogP) is 3.15. The number of carbonyl (C=O) groups is 1. The maximum absolute atomic E-state index is 11.4. The average Bonchev–Trinajstić information content (AvgIpc) is 2.46. The molecule has 2 rings (SSSR count). The van der Waals surface area contributed by atoms with Crippen LogP contribution >= 0.6 is 22.6 Å². The standard InChI is InChI=1S/C14H12INO3/c1-18-11-5-3-9(4-6-11)13-12(15)7-10(8-16-13)14(17)19-2/h3-8H,1-2H3. The van der Waals surface area contributed by atoms with Crippen LogP contribution in [0.5, 0.6) is 5.75 Å². The van der Waals surface area contributed by atoms with Crippen LogP contribution in [0.1, 0.15) is 10.4 Å². The number of benzene rings is 1. The minimum Gasteiger partial charge on any atom is -0.497 e. The van der Waals surface area contributed by atoms with Crippen molar-refractivity contribution in [3.63, 3.8) is 0 Å². The number of aromatic nitrogens is 1. The zero-order valence-electron chi connectivity index (χ0n) is 10.5. The van der Waals surface area contributed by atoms with E-state index in [0.717, 1.165) is 20.6 Å². The molecular weight excluding hydrogens is 357 g/mol. The third-order valence-electron chi connectivity index (χ3n) is 2.63. The lowest BCUT2D eigenvalue weighted by Gasteiger charge is -2.07. The fraction of sp³-hybridized carbons (Fsp3) is 0.143. The number of methoxy groups -OCH3 is 2. The molecule has 0 aliphatic heterocycles. The van der Waals surface area contributed by atoms with E-state index in [1.54, 1.807) is 13.2 Å². The molecule has 0 unspecified atom stereocenters. The summed E-state index contributed by atoms with van der Waals surface area (Å²) in [5.41, 5.74) is 2.25. The number of hydrogen-bond acceptors (Lipinski definition) is 4. The first kappa shape index (κ1) is 13.8. The maximum Gasteiger partial charge on any atom is 0.339 e. The van der Waals surface area contributed by atoms with Crippen molar-refractivity contribution in [3.05, 3.63) is 45.7 Å². The number of rotatable bonds is 3. The van der Waals surface area contributed by atoms with Gasteiger partial charge < -0.3 is 9.47 Å². The van der Waals surface area contributed by atoms with Crippen LogP contribution in [0.25, 0.3) is 11.3 Å². The lowest BCUT2D eigenvalue weighted by molar-refractivity contribution is 0.0600. The van der Waals surface area contributed by atoms with Gasteiger partial charge in [0.1, 0.15) is 5.75 Å². The molecule has 98 valence electrons. The van der Waals surface area contributed by atoms with Crippen molar-refractivity contribution in [1.82, 2.24) is 4.98 Å². The highest BCUT2D eigenvalue weighted by atomic mass is 127. The maximum atomic E-state index is 11.4. The molecule has 0 aliphatic carbocycles. The molecular formula is C14H12INO3. The summed E-state index contributed by atoms with van der Waals surface area (Å²) in [4.78, 5) is 15.7. The summed E-state index contributed by atoms with van der Waals surface area (Å²) < 4.78 is 10.7. The number of nitrogens with zero attached hydrogens (tertiary/aromatic N) is 1. The van der Waals surface area contributed by atoms with Gasteiger partial charge >= 0.3 is 5.97 Å². The lowest BCUT2D eigenvalue weighted by atomic mass is 10.1. The van der Waals surface area contributed by atoms with Gasteiger partial charge in [-0.3, -0.25) is 4.98 Å². The number of hydrogen-bond donors (Lipinski definition) is 0. The highest BCUT2D eigenvalue weighted by molar-refractivity contribution is 14.1. The molecule has 0 saturated heterocycles. The zero-order chi connectivity index (χ0) is 13.8. The molecule has 0 N–H and O–H groups in total. The van der Waals surface area contributed by atoms with Gasteiger partial charge in [0.25, 0.3) is 0 Å². The van der Waals surface area contributed by atoms with Crippen LogP contribution in [0.3, 0.4) is 0 Å². The number of ether oxygens (including phenoxy) is 2. The van der Waals surface area contributed by atoms with E-state index in [9.17, 15) is 4.79 Å². The Morgan fingerprint density at radius 3 is 2.42 bits per heavy atom. The smallest absolute Gasteiger partial charge is 0.339 e. The molecule has 0 atom stereocenters. The van der Waals surface area contributed by atoms with E-state index in [0.29, 0.717) is 5.56 Å². The van der Waals surface area contributed by atoms with Crippen molar-refractivity contribution in [2.75, 3.05) is 14.2 Å². The SMILES string of the molecule is COC(=O)c1cnc(-c2ccc(OC)cc2)c(I)c1. The summed E-state index contributed by atoms with van der Waals surface area (Å²) in [5, 5.41) is 0. The van der Waals surface area contributed by atoms with E-state index >= 15 is 0 Å². The minimum absolute atomic E-state index is 0.383. The lowest BCUT2D eigenvalue weighted by Crippen LogP contribution is -2.03. The summed E-state index contributed by atoms with van der Waals surface area (Å²) in [6.45, 7) is 0. The molecule has 0 bridgehead atoms. The van der Waals surface area contributed by atoms with E-state index in [1.165, 1.54) is 13.3 Å². The Kier molecular flexibility index (Phi) is 4.36. The van der Waals surface area contributed by atoms with Gasteiger partial charge in [0.2, 0.25) is 0 Å². The summed E-state index contributed by atoms with van der Waals surface area (Å²) in [7, 11) is 2.98. The minimum atomic E-state index is -0.383. The highest BCUT2D eigenvalue weighted by Crippen LogP contribution is 2.25. The fourth-order valence-corrected chi connectivity index (χ4v) is 2.41. The third kappa shape index (κ3) is 3.04. The Balaban J connectivity index is 2.37. The Morgan fingerprint density at radius 2 is 1.89 bits per heavy atom. The van der Waals surface area contributed by atoms with Gasteiger partial charge in [-0.2, -0.15) is 0 Å².